The molecule has 2 heterocycles. The van der Waals surface area contributed by atoms with Crippen LogP contribution in [-0.4, -0.2) is 46.8 Å². The molecule has 2 amide bonds. The second-order valence-electron chi connectivity index (χ2n) is 7.99. The number of ether oxygens (including phenoxy) is 1. The first-order valence-corrected chi connectivity index (χ1v) is 11.3. The van der Waals surface area contributed by atoms with Crippen LogP contribution in [0.25, 0.3) is 6.08 Å². The summed E-state index contributed by atoms with van der Waals surface area (Å²) in [7, 11) is 0. The Labute approximate surface area is 183 Å². The SMILES string of the molecule is CC[C@@H](Nc1cnc(/C=C/C(=O)NOC2CCCCO2)cn1)C(=O)NC1CCCCC1. The second-order valence-corrected chi connectivity index (χ2v) is 7.99. The van der Waals surface area contributed by atoms with E-state index >= 15 is 0 Å². The smallest absolute Gasteiger partial charge is 0.267 e. The van der Waals surface area contributed by atoms with Crippen molar-refractivity contribution in [3.05, 3.63) is 24.2 Å². The monoisotopic (exact) mass is 431 g/mol. The van der Waals surface area contributed by atoms with E-state index in [1.807, 2.05) is 6.92 Å². The van der Waals surface area contributed by atoms with Gasteiger partial charge in [-0.3, -0.25) is 14.6 Å². The topological polar surface area (TPSA) is 114 Å². The summed E-state index contributed by atoms with van der Waals surface area (Å²) < 4.78 is 5.39. The van der Waals surface area contributed by atoms with Gasteiger partial charge in [0, 0.05) is 25.1 Å². The number of aromatic nitrogens is 2. The van der Waals surface area contributed by atoms with E-state index in [0.29, 0.717) is 24.5 Å². The van der Waals surface area contributed by atoms with Crippen LogP contribution in [0.2, 0.25) is 0 Å². The molecule has 1 aromatic heterocycles. The molecule has 1 saturated heterocycles. The third-order valence-electron chi connectivity index (χ3n) is 5.50. The number of carbonyl (C=O) groups excluding carboxylic acids is 2. The van der Waals surface area contributed by atoms with Crippen molar-refractivity contribution in [3.63, 3.8) is 0 Å². The predicted octanol–water partition coefficient (Wildman–Crippen LogP) is 2.70. The maximum absolute atomic E-state index is 12.6. The van der Waals surface area contributed by atoms with Crippen LogP contribution in [0.4, 0.5) is 5.82 Å². The highest BCUT2D eigenvalue weighted by atomic mass is 16.8. The van der Waals surface area contributed by atoms with E-state index in [1.54, 1.807) is 18.5 Å². The molecular formula is C22H33N5O4. The van der Waals surface area contributed by atoms with Gasteiger partial charge in [-0.25, -0.2) is 15.3 Å². The Hall–Kier alpha value is -2.52. The lowest BCUT2D eigenvalue weighted by Crippen LogP contribution is -2.45. The highest BCUT2D eigenvalue weighted by Crippen LogP contribution is 2.18. The molecule has 1 aliphatic carbocycles. The van der Waals surface area contributed by atoms with Gasteiger partial charge in [0.2, 0.25) is 5.91 Å². The summed E-state index contributed by atoms with van der Waals surface area (Å²) in [6, 6.07) is -0.0851. The third kappa shape index (κ3) is 7.91. The molecule has 3 N–H and O–H groups in total. The Morgan fingerprint density at radius 2 is 1.97 bits per heavy atom. The van der Waals surface area contributed by atoms with Crippen LogP contribution < -0.4 is 16.1 Å². The van der Waals surface area contributed by atoms with Crippen LogP contribution in [0.5, 0.6) is 0 Å². The number of amides is 2. The molecule has 0 radical (unpaired) electrons. The summed E-state index contributed by atoms with van der Waals surface area (Å²) in [5.74, 6) is 0.118. The zero-order valence-corrected chi connectivity index (χ0v) is 18.1. The first-order chi connectivity index (χ1) is 15.1. The van der Waals surface area contributed by atoms with Gasteiger partial charge < -0.3 is 15.4 Å². The zero-order valence-electron chi connectivity index (χ0n) is 18.1. The van der Waals surface area contributed by atoms with Gasteiger partial charge in [-0.2, -0.15) is 0 Å². The van der Waals surface area contributed by atoms with Crippen molar-refractivity contribution in [2.24, 2.45) is 0 Å². The van der Waals surface area contributed by atoms with Gasteiger partial charge in [-0.1, -0.05) is 26.2 Å². The minimum Gasteiger partial charge on any atom is -0.357 e. The molecule has 0 spiro atoms. The Kier molecular flexibility index (Phi) is 9.23. The van der Waals surface area contributed by atoms with Crippen LogP contribution in [0.15, 0.2) is 18.5 Å². The van der Waals surface area contributed by atoms with Crippen LogP contribution in [0.3, 0.4) is 0 Å². The van der Waals surface area contributed by atoms with Gasteiger partial charge in [0.25, 0.3) is 5.91 Å². The molecule has 31 heavy (non-hydrogen) atoms. The summed E-state index contributed by atoms with van der Waals surface area (Å²) in [5.41, 5.74) is 2.88. The van der Waals surface area contributed by atoms with E-state index in [2.05, 4.69) is 26.1 Å². The third-order valence-corrected chi connectivity index (χ3v) is 5.50. The summed E-state index contributed by atoms with van der Waals surface area (Å²) in [5, 5.41) is 6.29. The van der Waals surface area contributed by atoms with Crippen LogP contribution >= 0.6 is 0 Å². The predicted molar refractivity (Wildman–Crippen MR) is 117 cm³/mol. The maximum atomic E-state index is 12.6. The van der Waals surface area contributed by atoms with Crippen molar-refractivity contribution in [1.29, 1.82) is 0 Å². The molecule has 0 bridgehead atoms. The van der Waals surface area contributed by atoms with Gasteiger partial charge in [-0.05, 0) is 38.2 Å². The normalized spacial score (nSPS) is 20.9. The van der Waals surface area contributed by atoms with Crippen LogP contribution in [0.1, 0.15) is 70.4 Å². The lowest BCUT2D eigenvalue weighted by Gasteiger charge is -2.25. The average Bonchev–Trinajstić information content (AvgIpc) is 2.82. The fraction of sp³-hybridized carbons (Fsp3) is 0.636. The second kappa shape index (κ2) is 12.4. The van der Waals surface area contributed by atoms with Gasteiger partial charge in [0.15, 0.2) is 6.29 Å². The lowest BCUT2D eigenvalue weighted by molar-refractivity contribution is -0.198. The van der Waals surface area contributed by atoms with Gasteiger partial charge in [-0.15, -0.1) is 0 Å². The molecule has 3 rings (SSSR count). The van der Waals surface area contributed by atoms with Gasteiger partial charge in [0.05, 0.1) is 18.1 Å². The molecule has 1 saturated carbocycles. The fourth-order valence-electron chi connectivity index (χ4n) is 3.70. The largest absolute Gasteiger partial charge is 0.357 e. The van der Waals surface area contributed by atoms with Crippen LogP contribution in [0, 0.1) is 0 Å². The molecule has 2 aliphatic rings. The lowest BCUT2D eigenvalue weighted by atomic mass is 9.95. The zero-order chi connectivity index (χ0) is 21.9. The van der Waals surface area contributed by atoms with E-state index in [4.69, 9.17) is 9.57 Å². The number of carbonyl (C=O) groups is 2. The quantitative estimate of drug-likeness (QED) is 0.407. The molecule has 2 fully saturated rings. The molecule has 1 unspecified atom stereocenters. The molecule has 9 heteroatoms. The summed E-state index contributed by atoms with van der Waals surface area (Å²) in [4.78, 5) is 38.2. The van der Waals surface area contributed by atoms with Gasteiger partial charge >= 0.3 is 0 Å². The fourth-order valence-corrected chi connectivity index (χ4v) is 3.70. The summed E-state index contributed by atoms with van der Waals surface area (Å²) in [6.07, 6.45) is 14.7. The van der Waals surface area contributed by atoms with E-state index in [1.165, 1.54) is 25.3 Å². The minimum absolute atomic E-state index is 0.00112. The molecule has 9 nitrogen and oxygen atoms in total. The Morgan fingerprint density at radius 3 is 2.65 bits per heavy atom. The minimum atomic E-state index is -0.399. The molecule has 1 aromatic rings. The highest BCUT2D eigenvalue weighted by Gasteiger charge is 2.21. The molecule has 2 atom stereocenters. The van der Waals surface area contributed by atoms with Crippen molar-refractivity contribution >= 4 is 23.7 Å². The van der Waals surface area contributed by atoms with Gasteiger partial charge in [0.1, 0.15) is 11.9 Å². The number of nitrogens with zero attached hydrogens (tertiary/aromatic N) is 2. The molecule has 0 aromatic carbocycles. The van der Waals surface area contributed by atoms with E-state index in [9.17, 15) is 9.59 Å². The number of rotatable bonds is 9. The van der Waals surface area contributed by atoms with Crippen molar-refractivity contribution in [1.82, 2.24) is 20.8 Å². The first-order valence-electron chi connectivity index (χ1n) is 11.3. The van der Waals surface area contributed by atoms with E-state index in [0.717, 1.165) is 32.1 Å². The molecule has 1 aliphatic heterocycles. The van der Waals surface area contributed by atoms with E-state index in [-0.39, 0.29) is 18.0 Å². The molecular weight excluding hydrogens is 398 g/mol. The molecule has 170 valence electrons. The average molecular weight is 432 g/mol. The van der Waals surface area contributed by atoms with Crippen molar-refractivity contribution in [2.75, 3.05) is 11.9 Å². The number of anilines is 1. The Morgan fingerprint density at radius 1 is 1.16 bits per heavy atom. The standard InChI is InChI=1S/C22H33N5O4/c1-2-18(22(29)25-16-8-4-3-5-9-16)26-19-15-23-17(14-24-19)11-12-20(28)27-31-21-10-6-7-13-30-21/h11-12,14-16,18,21H,2-10,13H2,1H3,(H,24,26)(H,25,29)(H,27,28)/b12-11+/t18-,21?/m1/s1. The number of hydrogen-bond acceptors (Lipinski definition) is 7. The van der Waals surface area contributed by atoms with Crippen molar-refractivity contribution in [2.45, 2.75) is 83.1 Å². The van der Waals surface area contributed by atoms with Crippen molar-refractivity contribution in [3.8, 4) is 0 Å². The number of hydroxylamine groups is 1. The van der Waals surface area contributed by atoms with E-state index < -0.39 is 12.2 Å². The van der Waals surface area contributed by atoms with Crippen molar-refractivity contribution < 1.29 is 19.2 Å². The maximum Gasteiger partial charge on any atom is 0.267 e. The first kappa shape index (κ1) is 23.1. The summed E-state index contributed by atoms with van der Waals surface area (Å²) >= 11 is 0. The van der Waals surface area contributed by atoms with Crippen LogP contribution in [-0.2, 0) is 19.2 Å². The summed E-state index contributed by atoms with van der Waals surface area (Å²) in [6.45, 7) is 2.61. The highest BCUT2D eigenvalue weighted by molar-refractivity contribution is 5.90. The Bertz CT molecular complexity index is 728. The Balaban J connectivity index is 1.44. The number of nitrogens with one attached hydrogen (secondary N) is 3. The number of hydrogen-bond donors (Lipinski definition) is 3.